The maximum Gasteiger partial charge on any atom is 0.234 e. The molecule has 3 N–H and O–H groups in total. The van der Waals surface area contributed by atoms with Crippen LogP contribution < -0.4 is 16.0 Å². The molecule has 1 aliphatic carbocycles. The van der Waals surface area contributed by atoms with Crippen LogP contribution in [0.3, 0.4) is 0 Å². The number of nitrogens with one attached hydrogen (secondary N) is 3. The summed E-state index contributed by atoms with van der Waals surface area (Å²) >= 11 is 0. The summed E-state index contributed by atoms with van der Waals surface area (Å²) in [7, 11) is 1.61. The maximum absolute atomic E-state index is 11.7. The Morgan fingerprint density at radius 2 is 1.72 bits per heavy atom. The molecule has 0 aromatic heterocycles. The van der Waals surface area contributed by atoms with E-state index in [0.29, 0.717) is 25.6 Å². The Hall–Kier alpha value is -1.10. The molecule has 0 aliphatic heterocycles. The summed E-state index contributed by atoms with van der Waals surface area (Å²) in [6.45, 7) is 0.839. The number of hydrogen-bond acceptors (Lipinski definition) is 3. The summed E-state index contributed by atoms with van der Waals surface area (Å²) in [4.78, 5) is 22.6. The molecule has 0 spiro atoms. The molecule has 0 saturated heterocycles. The quantitative estimate of drug-likeness (QED) is 0.479. The molecule has 0 bridgehead atoms. The molecule has 104 valence electrons. The lowest BCUT2D eigenvalue weighted by Gasteiger charge is -2.16. The first-order valence-electron chi connectivity index (χ1n) is 6.93. The number of carbonyl (C=O) groups excluding carboxylic acids is 2. The highest BCUT2D eigenvalue weighted by atomic mass is 16.2. The fraction of sp³-hybridized carbons (Fsp3) is 0.846. The van der Waals surface area contributed by atoms with Crippen LogP contribution in [0.5, 0.6) is 0 Å². The molecule has 1 fully saturated rings. The summed E-state index contributed by atoms with van der Waals surface area (Å²) < 4.78 is 0. The number of hydrogen-bond donors (Lipinski definition) is 3. The SMILES string of the molecule is CNC(=O)CCNCC(=O)NC1CCCCCC1. The third kappa shape index (κ3) is 6.59. The minimum absolute atomic E-state index is 0.00771. The zero-order valence-corrected chi connectivity index (χ0v) is 11.3. The molecule has 0 atom stereocenters. The highest BCUT2D eigenvalue weighted by molar-refractivity contribution is 5.78. The van der Waals surface area contributed by atoms with Crippen molar-refractivity contribution < 1.29 is 9.59 Å². The Bertz CT molecular complexity index is 261. The van der Waals surface area contributed by atoms with Gasteiger partial charge in [0.05, 0.1) is 6.54 Å². The average molecular weight is 255 g/mol. The topological polar surface area (TPSA) is 70.2 Å². The normalized spacial score (nSPS) is 16.9. The molecule has 0 unspecified atom stereocenters. The zero-order valence-electron chi connectivity index (χ0n) is 11.3. The van der Waals surface area contributed by atoms with Crippen molar-refractivity contribution in [1.29, 1.82) is 0 Å². The average Bonchev–Trinajstić information content (AvgIpc) is 2.63. The first-order valence-corrected chi connectivity index (χ1v) is 6.93. The third-order valence-electron chi connectivity index (χ3n) is 3.31. The van der Waals surface area contributed by atoms with Gasteiger partial charge >= 0.3 is 0 Å². The molecule has 5 heteroatoms. The van der Waals surface area contributed by atoms with Crippen LogP contribution in [0.1, 0.15) is 44.9 Å². The zero-order chi connectivity index (χ0) is 13.2. The second-order valence-electron chi connectivity index (χ2n) is 4.86. The monoisotopic (exact) mass is 255 g/mol. The molecule has 1 aliphatic rings. The summed E-state index contributed by atoms with van der Waals surface area (Å²) in [6.07, 6.45) is 7.62. The van der Waals surface area contributed by atoms with Crippen molar-refractivity contribution in [2.75, 3.05) is 20.1 Å². The molecule has 5 nitrogen and oxygen atoms in total. The van der Waals surface area contributed by atoms with Gasteiger partial charge in [-0.3, -0.25) is 9.59 Å². The van der Waals surface area contributed by atoms with E-state index in [4.69, 9.17) is 0 Å². The molecule has 1 saturated carbocycles. The van der Waals surface area contributed by atoms with Gasteiger partial charge in [0.15, 0.2) is 0 Å². The van der Waals surface area contributed by atoms with Gasteiger partial charge in [0, 0.05) is 26.1 Å². The fourth-order valence-corrected chi connectivity index (χ4v) is 2.23. The standard InChI is InChI=1S/C13H25N3O2/c1-14-12(17)8-9-15-10-13(18)16-11-6-4-2-3-5-7-11/h11,15H,2-10H2,1H3,(H,14,17)(H,16,18). The van der Waals surface area contributed by atoms with Crippen molar-refractivity contribution in [2.24, 2.45) is 0 Å². The first-order chi connectivity index (χ1) is 8.72. The fourth-order valence-electron chi connectivity index (χ4n) is 2.23. The van der Waals surface area contributed by atoms with E-state index in [1.165, 1.54) is 25.7 Å². The van der Waals surface area contributed by atoms with E-state index in [2.05, 4.69) is 16.0 Å². The predicted octanol–water partition coefficient (Wildman–Crippen LogP) is 0.551. The van der Waals surface area contributed by atoms with Crippen LogP contribution in [0.2, 0.25) is 0 Å². The predicted molar refractivity (Wildman–Crippen MR) is 71.2 cm³/mol. The van der Waals surface area contributed by atoms with E-state index in [9.17, 15) is 9.59 Å². The largest absolute Gasteiger partial charge is 0.359 e. The van der Waals surface area contributed by atoms with Gasteiger partial charge in [-0.1, -0.05) is 25.7 Å². The van der Waals surface area contributed by atoms with Crippen LogP contribution in [-0.4, -0.2) is 38.0 Å². The summed E-state index contributed by atoms with van der Waals surface area (Å²) in [6, 6.07) is 0.348. The summed E-state index contributed by atoms with van der Waals surface area (Å²) in [5.41, 5.74) is 0. The Kier molecular flexibility index (Phi) is 7.41. The van der Waals surface area contributed by atoms with Gasteiger partial charge in [0.25, 0.3) is 0 Å². The van der Waals surface area contributed by atoms with Gasteiger partial charge in [-0.15, -0.1) is 0 Å². The Morgan fingerprint density at radius 1 is 1.06 bits per heavy atom. The Morgan fingerprint density at radius 3 is 2.33 bits per heavy atom. The highest BCUT2D eigenvalue weighted by Gasteiger charge is 2.14. The van der Waals surface area contributed by atoms with Crippen molar-refractivity contribution >= 4 is 11.8 Å². The van der Waals surface area contributed by atoms with Gasteiger partial charge in [-0.25, -0.2) is 0 Å². The lowest BCUT2D eigenvalue weighted by Crippen LogP contribution is -2.40. The minimum Gasteiger partial charge on any atom is -0.359 e. The van der Waals surface area contributed by atoms with Gasteiger partial charge in [-0.05, 0) is 12.8 Å². The van der Waals surface area contributed by atoms with Crippen molar-refractivity contribution in [1.82, 2.24) is 16.0 Å². The van der Waals surface area contributed by atoms with E-state index in [-0.39, 0.29) is 11.8 Å². The molecular formula is C13H25N3O2. The van der Waals surface area contributed by atoms with Crippen molar-refractivity contribution in [2.45, 2.75) is 51.0 Å². The van der Waals surface area contributed by atoms with E-state index in [0.717, 1.165) is 12.8 Å². The Balaban J connectivity index is 2.07. The molecule has 1 rings (SSSR count). The third-order valence-corrected chi connectivity index (χ3v) is 3.31. The van der Waals surface area contributed by atoms with E-state index < -0.39 is 0 Å². The minimum atomic E-state index is -0.00771. The van der Waals surface area contributed by atoms with Gasteiger partial charge in [0.1, 0.15) is 0 Å². The molecule has 0 aromatic carbocycles. The van der Waals surface area contributed by atoms with Gasteiger partial charge < -0.3 is 16.0 Å². The molecular weight excluding hydrogens is 230 g/mol. The van der Waals surface area contributed by atoms with E-state index >= 15 is 0 Å². The second kappa shape index (κ2) is 8.91. The van der Waals surface area contributed by atoms with Crippen LogP contribution >= 0.6 is 0 Å². The smallest absolute Gasteiger partial charge is 0.234 e. The molecule has 2 amide bonds. The first kappa shape index (κ1) is 15.0. The van der Waals surface area contributed by atoms with Gasteiger partial charge in [0.2, 0.25) is 11.8 Å². The maximum atomic E-state index is 11.7. The van der Waals surface area contributed by atoms with Crippen molar-refractivity contribution in [3.05, 3.63) is 0 Å². The highest BCUT2D eigenvalue weighted by Crippen LogP contribution is 2.16. The van der Waals surface area contributed by atoms with Crippen LogP contribution in [0.25, 0.3) is 0 Å². The number of carbonyl (C=O) groups is 2. The molecule has 0 heterocycles. The lowest BCUT2D eigenvalue weighted by molar-refractivity contribution is -0.122. The van der Waals surface area contributed by atoms with Crippen molar-refractivity contribution in [3.8, 4) is 0 Å². The van der Waals surface area contributed by atoms with Crippen molar-refractivity contribution in [3.63, 3.8) is 0 Å². The summed E-state index contributed by atoms with van der Waals surface area (Å²) in [5, 5.41) is 8.59. The summed E-state index contributed by atoms with van der Waals surface area (Å²) in [5.74, 6) is 0.0329. The van der Waals surface area contributed by atoms with Crippen LogP contribution in [0, 0.1) is 0 Å². The van der Waals surface area contributed by atoms with E-state index in [1.807, 2.05) is 0 Å². The van der Waals surface area contributed by atoms with E-state index in [1.54, 1.807) is 7.05 Å². The van der Waals surface area contributed by atoms with Crippen LogP contribution in [0.4, 0.5) is 0 Å². The second-order valence-corrected chi connectivity index (χ2v) is 4.86. The number of amides is 2. The Labute approximate surface area is 109 Å². The van der Waals surface area contributed by atoms with Crippen LogP contribution in [-0.2, 0) is 9.59 Å². The molecule has 18 heavy (non-hydrogen) atoms. The molecule has 0 radical (unpaired) electrons. The van der Waals surface area contributed by atoms with Gasteiger partial charge in [-0.2, -0.15) is 0 Å². The molecule has 0 aromatic rings. The number of rotatable bonds is 6. The van der Waals surface area contributed by atoms with Crippen LogP contribution in [0.15, 0.2) is 0 Å². The lowest BCUT2D eigenvalue weighted by atomic mass is 10.1.